The topological polar surface area (TPSA) is 86.2 Å². The lowest BCUT2D eigenvalue weighted by atomic mass is 10.0. The van der Waals surface area contributed by atoms with Gasteiger partial charge in [0, 0.05) is 5.56 Å². The SMILES string of the molecule is NC(=S)c1cccc(-c2ccc(S(N)(=O)=O)cc2)c1. The number of thiocarbonyl (C=S) groups is 1. The molecule has 0 bridgehead atoms. The Labute approximate surface area is 117 Å². The highest BCUT2D eigenvalue weighted by molar-refractivity contribution is 7.89. The smallest absolute Gasteiger partial charge is 0.238 e. The quantitative estimate of drug-likeness (QED) is 0.842. The van der Waals surface area contributed by atoms with E-state index in [0.29, 0.717) is 4.99 Å². The first-order valence-corrected chi connectivity index (χ1v) is 7.36. The number of nitrogens with two attached hydrogens (primary N) is 2. The van der Waals surface area contributed by atoms with E-state index in [0.717, 1.165) is 16.7 Å². The van der Waals surface area contributed by atoms with Crippen LogP contribution in [0.3, 0.4) is 0 Å². The van der Waals surface area contributed by atoms with Crippen molar-refractivity contribution < 1.29 is 8.42 Å². The fourth-order valence-electron chi connectivity index (χ4n) is 1.69. The molecule has 4 nitrogen and oxygen atoms in total. The van der Waals surface area contributed by atoms with Gasteiger partial charge < -0.3 is 5.73 Å². The zero-order valence-corrected chi connectivity index (χ0v) is 11.5. The molecule has 0 radical (unpaired) electrons. The van der Waals surface area contributed by atoms with E-state index in [9.17, 15) is 8.42 Å². The van der Waals surface area contributed by atoms with Gasteiger partial charge in [-0.1, -0.05) is 42.5 Å². The van der Waals surface area contributed by atoms with Crippen molar-refractivity contribution in [1.82, 2.24) is 0 Å². The summed E-state index contributed by atoms with van der Waals surface area (Å²) in [7, 11) is -3.66. The summed E-state index contributed by atoms with van der Waals surface area (Å²) in [6.07, 6.45) is 0. The van der Waals surface area contributed by atoms with Crippen LogP contribution in [0.5, 0.6) is 0 Å². The first-order valence-electron chi connectivity index (χ1n) is 5.41. The highest BCUT2D eigenvalue weighted by Gasteiger charge is 2.07. The number of rotatable bonds is 3. The minimum atomic E-state index is -3.66. The molecule has 19 heavy (non-hydrogen) atoms. The van der Waals surface area contributed by atoms with E-state index in [-0.39, 0.29) is 4.90 Å². The second-order valence-electron chi connectivity index (χ2n) is 4.01. The molecule has 0 amide bonds. The van der Waals surface area contributed by atoms with Crippen LogP contribution in [0, 0.1) is 0 Å². The molecule has 0 unspecified atom stereocenters. The summed E-state index contributed by atoms with van der Waals surface area (Å²) < 4.78 is 22.3. The molecule has 2 rings (SSSR count). The summed E-state index contributed by atoms with van der Waals surface area (Å²) in [6.45, 7) is 0. The average molecular weight is 292 g/mol. The maximum atomic E-state index is 11.2. The molecule has 0 aromatic heterocycles. The van der Waals surface area contributed by atoms with E-state index in [1.165, 1.54) is 12.1 Å². The summed E-state index contributed by atoms with van der Waals surface area (Å²) in [5, 5.41) is 5.05. The Balaban J connectivity index is 2.43. The molecule has 98 valence electrons. The molecule has 4 N–H and O–H groups in total. The van der Waals surface area contributed by atoms with E-state index in [2.05, 4.69) is 0 Å². The first-order chi connectivity index (χ1) is 8.88. The molecule has 0 spiro atoms. The predicted molar refractivity (Wildman–Crippen MR) is 79.1 cm³/mol. The van der Waals surface area contributed by atoms with Crippen molar-refractivity contribution in [2.24, 2.45) is 10.9 Å². The Hall–Kier alpha value is -1.76. The fourth-order valence-corrected chi connectivity index (χ4v) is 2.33. The average Bonchev–Trinajstić information content (AvgIpc) is 2.38. The molecule has 0 aliphatic heterocycles. The number of hydrogen-bond donors (Lipinski definition) is 2. The number of sulfonamides is 1. The maximum Gasteiger partial charge on any atom is 0.238 e. The van der Waals surface area contributed by atoms with Gasteiger partial charge in [-0.3, -0.25) is 0 Å². The lowest BCUT2D eigenvalue weighted by molar-refractivity contribution is 0.598. The van der Waals surface area contributed by atoms with Gasteiger partial charge in [0.05, 0.1) is 4.90 Å². The van der Waals surface area contributed by atoms with Crippen molar-refractivity contribution in [3.05, 3.63) is 54.1 Å². The third kappa shape index (κ3) is 3.17. The largest absolute Gasteiger partial charge is 0.389 e. The molecule has 0 saturated heterocycles. The summed E-state index contributed by atoms with van der Waals surface area (Å²) >= 11 is 4.92. The normalized spacial score (nSPS) is 11.2. The van der Waals surface area contributed by atoms with Gasteiger partial charge in [0.25, 0.3) is 0 Å². The minimum Gasteiger partial charge on any atom is -0.389 e. The van der Waals surface area contributed by atoms with Crippen molar-refractivity contribution >= 4 is 27.2 Å². The highest BCUT2D eigenvalue weighted by Crippen LogP contribution is 2.22. The van der Waals surface area contributed by atoms with Crippen molar-refractivity contribution in [1.29, 1.82) is 0 Å². The summed E-state index contributed by atoms with van der Waals surface area (Å²) in [4.78, 5) is 0.407. The molecule has 0 aliphatic rings. The van der Waals surface area contributed by atoms with Crippen LogP contribution in [0.2, 0.25) is 0 Å². The molecule has 0 saturated carbocycles. The molecule has 6 heteroatoms. The van der Waals surface area contributed by atoms with Gasteiger partial charge >= 0.3 is 0 Å². The van der Waals surface area contributed by atoms with Crippen molar-refractivity contribution in [2.75, 3.05) is 0 Å². The molecule has 0 atom stereocenters. The molecular weight excluding hydrogens is 280 g/mol. The van der Waals surface area contributed by atoms with Crippen LogP contribution in [0.15, 0.2) is 53.4 Å². The van der Waals surface area contributed by atoms with Crippen molar-refractivity contribution in [3.8, 4) is 11.1 Å². The molecule has 2 aromatic rings. The van der Waals surface area contributed by atoms with Gasteiger partial charge in [-0.05, 0) is 29.3 Å². The van der Waals surface area contributed by atoms with Crippen LogP contribution in [0.4, 0.5) is 0 Å². The maximum absolute atomic E-state index is 11.2. The van der Waals surface area contributed by atoms with Crippen LogP contribution in [0.25, 0.3) is 11.1 Å². The molecule has 0 aliphatic carbocycles. The Kier molecular flexibility index (Phi) is 3.66. The second kappa shape index (κ2) is 5.08. The lowest BCUT2D eigenvalue weighted by Crippen LogP contribution is -2.11. The van der Waals surface area contributed by atoms with E-state index in [1.807, 2.05) is 24.3 Å². The van der Waals surface area contributed by atoms with Crippen LogP contribution < -0.4 is 10.9 Å². The predicted octanol–water partition coefficient (Wildman–Crippen LogP) is 1.64. The molecule has 2 aromatic carbocycles. The van der Waals surface area contributed by atoms with E-state index < -0.39 is 10.0 Å². The zero-order valence-electron chi connectivity index (χ0n) is 9.91. The molecular formula is C13H12N2O2S2. The monoisotopic (exact) mass is 292 g/mol. The fraction of sp³-hybridized carbons (Fsp3) is 0. The third-order valence-corrected chi connectivity index (χ3v) is 3.83. The zero-order chi connectivity index (χ0) is 14.0. The van der Waals surface area contributed by atoms with Crippen LogP contribution in [0.1, 0.15) is 5.56 Å². The Bertz CT molecular complexity index is 723. The summed E-state index contributed by atoms with van der Waals surface area (Å²) in [5.74, 6) is 0. The van der Waals surface area contributed by atoms with Crippen LogP contribution in [-0.2, 0) is 10.0 Å². The third-order valence-electron chi connectivity index (χ3n) is 2.66. The standard InChI is InChI=1S/C13H12N2O2S2/c14-13(18)11-3-1-2-10(8-11)9-4-6-12(7-5-9)19(15,16)17/h1-8H,(H2,14,18)(H2,15,16,17). The van der Waals surface area contributed by atoms with Gasteiger partial charge in [-0.25, -0.2) is 13.6 Å². The Morgan fingerprint density at radius 1 is 1.00 bits per heavy atom. The minimum absolute atomic E-state index is 0.0850. The summed E-state index contributed by atoms with van der Waals surface area (Å²) in [5.41, 5.74) is 8.12. The van der Waals surface area contributed by atoms with Gasteiger partial charge in [0.2, 0.25) is 10.0 Å². The van der Waals surface area contributed by atoms with Crippen molar-refractivity contribution in [3.63, 3.8) is 0 Å². The van der Waals surface area contributed by atoms with Gasteiger partial charge in [0.15, 0.2) is 0 Å². The highest BCUT2D eigenvalue weighted by atomic mass is 32.2. The van der Waals surface area contributed by atoms with Gasteiger partial charge in [0.1, 0.15) is 4.99 Å². The van der Waals surface area contributed by atoms with Gasteiger partial charge in [-0.15, -0.1) is 0 Å². The van der Waals surface area contributed by atoms with E-state index in [1.54, 1.807) is 12.1 Å². The van der Waals surface area contributed by atoms with Crippen LogP contribution in [-0.4, -0.2) is 13.4 Å². The van der Waals surface area contributed by atoms with Gasteiger partial charge in [-0.2, -0.15) is 0 Å². The first kappa shape index (κ1) is 13.7. The summed E-state index contributed by atoms with van der Waals surface area (Å²) in [6, 6.07) is 13.7. The van der Waals surface area contributed by atoms with Crippen LogP contribution >= 0.6 is 12.2 Å². The Morgan fingerprint density at radius 3 is 2.16 bits per heavy atom. The number of primary sulfonamides is 1. The van der Waals surface area contributed by atoms with E-state index >= 15 is 0 Å². The van der Waals surface area contributed by atoms with Crippen molar-refractivity contribution in [2.45, 2.75) is 4.90 Å². The number of benzene rings is 2. The molecule has 0 fully saturated rings. The van der Waals surface area contributed by atoms with E-state index in [4.69, 9.17) is 23.1 Å². The lowest BCUT2D eigenvalue weighted by Gasteiger charge is -2.05. The number of hydrogen-bond acceptors (Lipinski definition) is 3. The molecule has 0 heterocycles. The Morgan fingerprint density at radius 2 is 1.63 bits per heavy atom. The second-order valence-corrected chi connectivity index (χ2v) is 6.02.